The van der Waals surface area contributed by atoms with E-state index in [2.05, 4.69) is 72.3 Å². The second-order valence-electron chi connectivity index (χ2n) is 5.14. The number of ether oxygens (including phenoxy) is 1. The number of thiophene rings is 1. The minimum absolute atomic E-state index is 0.469. The molecule has 2 rings (SSSR count). The summed E-state index contributed by atoms with van der Waals surface area (Å²) in [6, 6.07) is 11.0. The van der Waals surface area contributed by atoms with Crippen molar-refractivity contribution in [2.24, 2.45) is 0 Å². The molecule has 0 aliphatic heterocycles. The summed E-state index contributed by atoms with van der Waals surface area (Å²) in [5.41, 5.74) is 2.48. The summed E-state index contributed by atoms with van der Waals surface area (Å²) in [4.78, 5) is 1.22. The van der Waals surface area contributed by atoms with Gasteiger partial charge < -0.3 is 10.1 Å². The topological polar surface area (TPSA) is 21.3 Å². The van der Waals surface area contributed by atoms with E-state index in [4.69, 9.17) is 4.74 Å². The molecule has 1 aromatic heterocycles. The predicted molar refractivity (Wildman–Crippen MR) is 89.5 cm³/mol. The molecule has 0 bridgehead atoms. The minimum Gasteiger partial charge on any atom is -0.488 e. The zero-order chi connectivity index (χ0) is 14.5. The van der Waals surface area contributed by atoms with Gasteiger partial charge in [0.15, 0.2) is 0 Å². The van der Waals surface area contributed by atoms with Crippen LogP contribution in [0.25, 0.3) is 0 Å². The summed E-state index contributed by atoms with van der Waals surface area (Å²) in [6.07, 6.45) is 0. The quantitative estimate of drug-likeness (QED) is 0.797. The molecule has 0 fully saturated rings. The molecule has 0 radical (unpaired) electrons. The second-order valence-corrected chi connectivity index (χ2v) is 7.69. The summed E-state index contributed by atoms with van der Waals surface area (Å²) in [5, 5.41) is 3.45. The molecule has 0 saturated carbocycles. The van der Waals surface area contributed by atoms with Crippen LogP contribution in [0.3, 0.4) is 0 Å². The minimum atomic E-state index is 0.469. The van der Waals surface area contributed by atoms with Crippen LogP contribution in [0.2, 0.25) is 0 Å². The van der Waals surface area contributed by atoms with Crippen molar-refractivity contribution < 1.29 is 4.74 Å². The van der Waals surface area contributed by atoms with Gasteiger partial charge in [0.1, 0.15) is 12.4 Å². The van der Waals surface area contributed by atoms with E-state index in [1.165, 1.54) is 16.0 Å². The number of hydrogen-bond acceptors (Lipinski definition) is 3. The number of nitrogens with one attached hydrogen (secondary N) is 1. The van der Waals surface area contributed by atoms with Gasteiger partial charge in [-0.25, -0.2) is 0 Å². The molecule has 2 aromatic rings. The van der Waals surface area contributed by atoms with Crippen molar-refractivity contribution in [2.45, 2.75) is 40.0 Å². The maximum absolute atomic E-state index is 5.97. The fourth-order valence-corrected chi connectivity index (χ4v) is 3.28. The van der Waals surface area contributed by atoms with Crippen LogP contribution < -0.4 is 10.1 Å². The predicted octanol–water partition coefficient (Wildman–Crippen LogP) is 4.90. The van der Waals surface area contributed by atoms with Crippen LogP contribution in [0.5, 0.6) is 5.75 Å². The lowest BCUT2D eigenvalue weighted by Gasteiger charge is -2.14. The van der Waals surface area contributed by atoms with Gasteiger partial charge in [0.25, 0.3) is 0 Å². The standard InChI is InChI=1S/C16H20BrNOS/c1-11(2)18-9-13-8-12(3)4-6-15(13)19-10-14-5-7-16(17)20-14/h4-8,11,18H,9-10H2,1-3H3. The van der Waals surface area contributed by atoms with Gasteiger partial charge >= 0.3 is 0 Å². The maximum atomic E-state index is 5.97. The first-order chi connectivity index (χ1) is 9.54. The Hall–Kier alpha value is -0.840. The normalized spacial score (nSPS) is 11.1. The van der Waals surface area contributed by atoms with Gasteiger partial charge in [-0.2, -0.15) is 0 Å². The van der Waals surface area contributed by atoms with Gasteiger partial charge in [0.05, 0.1) is 3.79 Å². The molecule has 1 aromatic carbocycles. The molecule has 108 valence electrons. The lowest BCUT2D eigenvalue weighted by atomic mass is 10.1. The Balaban J connectivity index is 2.05. The van der Waals surface area contributed by atoms with Gasteiger partial charge in [-0.05, 0) is 41.1 Å². The van der Waals surface area contributed by atoms with E-state index in [0.29, 0.717) is 12.6 Å². The van der Waals surface area contributed by atoms with E-state index < -0.39 is 0 Å². The fraction of sp³-hybridized carbons (Fsp3) is 0.375. The monoisotopic (exact) mass is 353 g/mol. The lowest BCUT2D eigenvalue weighted by Crippen LogP contribution is -2.22. The first kappa shape index (κ1) is 15.5. The fourth-order valence-electron chi connectivity index (χ4n) is 1.88. The highest BCUT2D eigenvalue weighted by atomic mass is 79.9. The molecule has 2 nitrogen and oxygen atoms in total. The number of benzene rings is 1. The highest BCUT2D eigenvalue weighted by Gasteiger charge is 2.06. The number of halogens is 1. The first-order valence-corrected chi connectivity index (χ1v) is 8.35. The van der Waals surface area contributed by atoms with Crippen molar-refractivity contribution in [1.29, 1.82) is 0 Å². The third-order valence-electron chi connectivity index (χ3n) is 2.92. The first-order valence-electron chi connectivity index (χ1n) is 6.74. The summed E-state index contributed by atoms with van der Waals surface area (Å²) in [5.74, 6) is 0.966. The van der Waals surface area contributed by atoms with E-state index in [1.54, 1.807) is 11.3 Å². The summed E-state index contributed by atoms with van der Waals surface area (Å²) in [6.45, 7) is 7.87. The van der Waals surface area contributed by atoms with Crippen LogP contribution in [0, 0.1) is 6.92 Å². The smallest absolute Gasteiger partial charge is 0.124 e. The van der Waals surface area contributed by atoms with Crippen molar-refractivity contribution in [3.05, 3.63) is 50.1 Å². The van der Waals surface area contributed by atoms with Crippen molar-refractivity contribution in [3.8, 4) is 5.75 Å². The maximum Gasteiger partial charge on any atom is 0.124 e. The average Bonchev–Trinajstić information content (AvgIpc) is 2.81. The summed E-state index contributed by atoms with van der Waals surface area (Å²) in [7, 11) is 0. The van der Waals surface area contributed by atoms with Crippen LogP contribution in [0.15, 0.2) is 34.1 Å². The molecule has 1 N–H and O–H groups in total. The summed E-state index contributed by atoms with van der Waals surface area (Å²) >= 11 is 5.19. The molecule has 20 heavy (non-hydrogen) atoms. The van der Waals surface area contributed by atoms with Crippen molar-refractivity contribution in [3.63, 3.8) is 0 Å². The Morgan fingerprint density at radius 2 is 2.05 bits per heavy atom. The van der Waals surface area contributed by atoms with Crippen LogP contribution in [0.1, 0.15) is 29.9 Å². The highest BCUT2D eigenvalue weighted by Crippen LogP contribution is 2.25. The van der Waals surface area contributed by atoms with Gasteiger partial charge in [-0.1, -0.05) is 31.5 Å². The van der Waals surface area contributed by atoms with Crippen LogP contribution >= 0.6 is 27.3 Å². The largest absolute Gasteiger partial charge is 0.488 e. The Kier molecular flexibility index (Phi) is 5.64. The van der Waals surface area contributed by atoms with E-state index in [1.807, 2.05) is 0 Å². The van der Waals surface area contributed by atoms with Crippen LogP contribution in [-0.4, -0.2) is 6.04 Å². The molecule has 0 saturated heterocycles. The van der Waals surface area contributed by atoms with Crippen LogP contribution in [-0.2, 0) is 13.2 Å². The van der Waals surface area contributed by atoms with Gasteiger partial charge in [-0.15, -0.1) is 11.3 Å². The molecular weight excluding hydrogens is 334 g/mol. The van der Waals surface area contributed by atoms with E-state index >= 15 is 0 Å². The van der Waals surface area contributed by atoms with Gasteiger partial charge in [0.2, 0.25) is 0 Å². The highest BCUT2D eigenvalue weighted by molar-refractivity contribution is 9.11. The molecule has 0 aliphatic rings. The second kappa shape index (κ2) is 7.25. The van der Waals surface area contributed by atoms with E-state index in [0.717, 1.165) is 16.1 Å². The lowest BCUT2D eigenvalue weighted by molar-refractivity contribution is 0.305. The third-order valence-corrected chi connectivity index (χ3v) is 4.51. The molecule has 0 amide bonds. The third kappa shape index (κ3) is 4.62. The Bertz CT molecular complexity index is 565. The van der Waals surface area contributed by atoms with Crippen LogP contribution in [0.4, 0.5) is 0 Å². The molecular formula is C16H20BrNOS. The van der Waals surface area contributed by atoms with E-state index in [-0.39, 0.29) is 0 Å². The summed E-state index contributed by atoms with van der Waals surface area (Å²) < 4.78 is 7.11. The SMILES string of the molecule is Cc1ccc(OCc2ccc(Br)s2)c(CNC(C)C)c1. The Morgan fingerprint density at radius 3 is 2.70 bits per heavy atom. The zero-order valence-electron chi connectivity index (χ0n) is 12.1. The molecule has 1 heterocycles. The van der Waals surface area contributed by atoms with Crippen molar-refractivity contribution in [1.82, 2.24) is 5.32 Å². The Morgan fingerprint density at radius 1 is 1.25 bits per heavy atom. The van der Waals surface area contributed by atoms with E-state index in [9.17, 15) is 0 Å². The zero-order valence-corrected chi connectivity index (χ0v) is 14.5. The number of rotatable bonds is 6. The molecule has 0 unspecified atom stereocenters. The molecule has 0 aliphatic carbocycles. The molecule has 0 atom stereocenters. The van der Waals surface area contributed by atoms with Crippen molar-refractivity contribution in [2.75, 3.05) is 0 Å². The van der Waals surface area contributed by atoms with Gasteiger partial charge in [-0.3, -0.25) is 0 Å². The molecule has 0 spiro atoms. The number of aryl methyl sites for hydroxylation is 1. The van der Waals surface area contributed by atoms with Crippen molar-refractivity contribution >= 4 is 27.3 Å². The molecule has 4 heteroatoms. The Labute approximate surface area is 133 Å². The number of hydrogen-bond donors (Lipinski definition) is 1. The van der Waals surface area contributed by atoms with Gasteiger partial charge in [0, 0.05) is 23.0 Å². The average molecular weight is 354 g/mol.